The Bertz CT molecular complexity index is 334. The molecule has 1 N–H and O–H groups in total. The summed E-state index contributed by atoms with van der Waals surface area (Å²) in [5.41, 5.74) is 1.91. The van der Waals surface area contributed by atoms with Crippen LogP contribution in [-0.4, -0.2) is 17.3 Å². The number of carbonyl (C=O) groups is 1. The molecule has 0 saturated heterocycles. The van der Waals surface area contributed by atoms with Gasteiger partial charge in [0.15, 0.2) is 0 Å². The van der Waals surface area contributed by atoms with Crippen LogP contribution in [0.5, 0.6) is 0 Å². The summed E-state index contributed by atoms with van der Waals surface area (Å²) in [6.07, 6.45) is 1.93. The van der Waals surface area contributed by atoms with Crippen molar-refractivity contribution >= 4 is 21.8 Å². The first-order valence-electron chi connectivity index (χ1n) is 5.61. The quantitative estimate of drug-likeness (QED) is 0.826. The van der Waals surface area contributed by atoms with Crippen LogP contribution in [0.4, 0.5) is 0 Å². The molecule has 88 valence electrons. The predicted octanol–water partition coefficient (Wildman–Crippen LogP) is 3.29. The normalized spacial score (nSPS) is 12.2. The number of halogens is 1. The molecule has 0 aliphatic rings. The van der Waals surface area contributed by atoms with E-state index in [2.05, 4.69) is 28.2 Å². The molecule has 1 unspecified atom stereocenters. The molecule has 1 aromatic carbocycles. The number of hydrogen-bond donors (Lipinski definition) is 1. The van der Waals surface area contributed by atoms with Gasteiger partial charge in [-0.25, -0.2) is 0 Å². The van der Waals surface area contributed by atoms with Gasteiger partial charge in [-0.3, -0.25) is 4.79 Å². The van der Waals surface area contributed by atoms with Gasteiger partial charge in [0.2, 0.25) is 0 Å². The summed E-state index contributed by atoms with van der Waals surface area (Å²) in [6, 6.07) is 7.91. The zero-order valence-corrected chi connectivity index (χ0v) is 11.4. The van der Waals surface area contributed by atoms with Crippen LogP contribution >= 0.6 is 15.9 Å². The van der Waals surface area contributed by atoms with Crippen LogP contribution in [0.15, 0.2) is 24.3 Å². The third kappa shape index (κ3) is 3.97. The fourth-order valence-corrected chi connectivity index (χ4v) is 2.04. The first-order valence-corrected chi connectivity index (χ1v) is 6.73. The SMILES string of the molecule is CCC(CCBr)NC(=O)c1ccc(C)cc1. The van der Waals surface area contributed by atoms with Crippen LogP contribution in [0, 0.1) is 6.92 Å². The largest absolute Gasteiger partial charge is 0.349 e. The standard InChI is InChI=1S/C13H18BrNO/c1-3-12(8-9-14)15-13(16)11-6-4-10(2)5-7-11/h4-7,12H,3,8-9H2,1-2H3,(H,15,16). The number of amides is 1. The van der Waals surface area contributed by atoms with E-state index in [1.165, 1.54) is 5.56 Å². The van der Waals surface area contributed by atoms with Crippen LogP contribution in [0.25, 0.3) is 0 Å². The van der Waals surface area contributed by atoms with Crippen molar-refractivity contribution in [3.8, 4) is 0 Å². The summed E-state index contributed by atoms with van der Waals surface area (Å²) in [5.74, 6) is 0.0211. The minimum atomic E-state index is 0.0211. The highest BCUT2D eigenvalue weighted by Gasteiger charge is 2.10. The average Bonchev–Trinajstić information content (AvgIpc) is 2.29. The number of aryl methyl sites for hydroxylation is 1. The van der Waals surface area contributed by atoms with Crippen LogP contribution < -0.4 is 5.32 Å². The third-order valence-corrected chi connectivity index (χ3v) is 3.06. The van der Waals surface area contributed by atoms with E-state index in [1.54, 1.807) is 0 Å². The molecule has 1 aromatic rings. The van der Waals surface area contributed by atoms with Crippen molar-refractivity contribution in [2.24, 2.45) is 0 Å². The molecule has 1 amide bonds. The maximum absolute atomic E-state index is 11.9. The highest BCUT2D eigenvalue weighted by molar-refractivity contribution is 9.09. The third-order valence-electron chi connectivity index (χ3n) is 2.60. The predicted molar refractivity (Wildman–Crippen MR) is 71.1 cm³/mol. The van der Waals surface area contributed by atoms with Crippen molar-refractivity contribution in [3.05, 3.63) is 35.4 Å². The summed E-state index contributed by atoms with van der Waals surface area (Å²) < 4.78 is 0. The Kier molecular flexibility index (Phi) is 5.53. The summed E-state index contributed by atoms with van der Waals surface area (Å²) in [6.45, 7) is 4.10. The molecular formula is C13H18BrNO. The first kappa shape index (κ1) is 13.2. The van der Waals surface area contributed by atoms with Crippen molar-refractivity contribution in [2.75, 3.05) is 5.33 Å². The first-order chi connectivity index (χ1) is 7.67. The van der Waals surface area contributed by atoms with Gasteiger partial charge in [0, 0.05) is 16.9 Å². The molecule has 3 heteroatoms. The zero-order chi connectivity index (χ0) is 12.0. The van der Waals surface area contributed by atoms with Gasteiger partial charge in [-0.15, -0.1) is 0 Å². The number of carbonyl (C=O) groups excluding carboxylic acids is 1. The molecule has 2 nitrogen and oxygen atoms in total. The van der Waals surface area contributed by atoms with E-state index in [4.69, 9.17) is 0 Å². The molecule has 0 heterocycles. The molecule has 0 fully saturated rings. The fraction of sp³-hybridized carbons (Fsp3) is 0.462. The van der Waals surface area contributed by atoms with Crippen LogP contribution in [-0.2, 0) is 0 Å². The minimum Gasteiger partial charge on any atom is -0.349 e. The van der Waals surface area contributed by atoms with Gasteiger partial charge in [0.1, 0.15) is 0 Å². The summed E-state index contributed by atoms with van der Waals surface area (Å²) in [7, 11) is 0. The van der Waals surface area contributed by atoms with E-state index in [9.17, 15) is 4.79 Å². The molecule has 16 heavy (non-hydrogen) atoms. The van der Waals surface area contributed by atoms with E-state index >= 15 is 0 Å². The van der Waals surface area contributed by atoms with Gasteiger partial charge in [-0.05, 0) is 31.9 Å². The smallest absolute Gasteiger partial charge is 0.251 e. The van der Waals surface area contributed by atoms with E-state index in [-0.39, 0.29) is 11.9 Å². The molecule has 1 rings (SSSR count). The van der Waals surface area contributed by atoms with Gasteiger partial charge in [-0.2, -0.15) is 0 Å². The molecule has 0 aliphatic heterocycles. The lowest BCUT2D eigenvalue weighted by Crippen LogP contribution is -2.34. The van der Waals surface area contributed by atoms with Gasteiger partial charge in [0.05, 0.1) is 0 Å². The molecule has 0 bridgehead atoms. The zero-order valence-electron chi connectivity index (χ0n) is 9.79. The molecule has 0 aliphatic carbocycles. The second-order valence-corrected chi connectivity index (χ2v) is 4.72. The Hall–Kier alpha value is -0.830. The van der Waals surface area contributed by atoms with Crippen molar-refractivity contribution < 1.29 is 4.79 Å². The van der Waals surface area contributed by atoms with E-state index in [0.29, 0.717) is 0 Å². The Balaban J connectivity index is 2.60. The Morgan fingerprint density at radius 3 is 2.50 bits per heavy atom. The Labute approximate surface area is 106 Å². The summed E-state index contributed by atoms with van der Waals surface area (Å²) >= 11 is 3.40. The molecule has 0 aromatic heterocycles. The molecule has 0 radical (unpaired) electrons. The molecule has 1 atom stereocenters. The molecule has 0 spiro atoms. The van der Waals surface area contributed by atoms with Gasteiger partial charge in [0.25, 0.3) is 5.91 Å². The monoisotopic (exact) mass is 283 g/mol. The number of alkyl halides is 1. The van der Waals surface area contributed by atoms with Crippen molar-refractivity contribution in [1.82, 2.24) is 5.32 Å². The highest BCUT2D eigenvalue weighted by atomic mass is 79.9. The fourth-order valence-electron chi connectivity index (χ4n) is 1.48. The maximum atomic E-state index is 11.9. The van der Waals surface area contributed by atoms with Crippen molar-refractivity contribution in [2.45, 2.75) is 32.7 Å². The van der Waals surface area contributed by atoms with E-state index < -0.39 is 0 Å². The number of hydrogen-bond acceptors (Lipinski definition) is 1. The summed E-state index contributed by atoms with van der Waals surface area (Å²) in [4.78, 5) is 11.9. The summed E-state index contributed by atoms with van der Waals surface area (Å²) in [5, 5.41) is 3.95. The lowest BCUT2D eigenvalue weighted by atomic mass is 10.1. The number of benzene rings is 1. The minimum absolute atomic E-state index is 0.0211. The maximum Gasteiger partial charge on any atom is 0.251 e. The Morgan fingerprint density at radius 2 is 2.00 bits per heavy atom. The number of rotatable bonds is 5. The van der Waals surface area contributed by atoms with Gasteiger partial charge < -0.3 is 5.32 Å². The topological polar surface area (TPSA) is 29.1 Å². The van der Waals surface area contributed by atoms with Crippen LogP contribution in [0.2, 0.25) is 0 Å². The van der Waals surface area contributed by atoms with Crippen LogP contribution in [0.3, 0.4) is 0 Å². The lowest BCUT2D eigenvalue weighted by molar-refractivity contribution is 0.0935. The lowest BCUT2D eigenvalue weighted by Gasteiger charge is -2.15. The second-order valence-electron chi connectivity index (χ2n) is 3.92. The van der Waals surface area contributed by atoms with Crippen molar-refractivity contribution in [1.29, 1.82) is 0 Å². The highest BCUT2D eigenvalue weighted by Crippen LogP contribution is 2.06. The average molecular weight is 284 g/mol. The Morgan fingerprint density at radius 1 is 1.38 bits per heavy atom. The van der Waals surface area contributed by atoms with Gasteiger partial charge >= 0.3 is 0 Å². The van der Waals surface area contributed by atoms with Crippen molar-refractivity contribution in [3.63, 3.8) is 0 Å². The van der Waals surface area contributed by atoms with Crippen LogP contribution in [0.1, 0.15) is 35.7 Å². The second kappa shape index (κ2) is 6.69. The molecule has 0 saturated carbocycles. The van der Waals surface area contributed by atoms with E-state index in [0.717, 1.165) is 23.7 Å². The van der Waals surface area contributed by atoms with Gasteiger partial charge in [-0.1, -0.05) is 40.5 Å². The number of nitrogens with one attached hydrogen (secondary N) is 1. The van der Waals surface area contributed by atoms with E-state index in [1.807, 2.05) is 31.2 Å². The molecular weight excluding hydrogens is 266 g/mol.